The minimum Gasteiger partial charge on any atom is -0.495 e. The van der Waals surface area contributed by atoms with Gasteiger partial charge < -0.3 is 10.1 Å². The van der Waals surface area contributed by atoms with Gasteiger partial charge in [0.1, 0.15) is 5.75 Å². The maximum Gasteiger partial charge on any atom is 0.142 e. The molecule has 1 rings (SSSR count). The van der Waals surface area contributed by atoms with Crippen LogP contribution in [0.3, 0.4) is 0 Å². The minimum absolute atomic E-state index is 0.675. The fraction of sp³-hybridized carbons (Fsp3) is 0.500. The summed E-state index contributed by atoms with van der Waals surface area (Å²) in [5, 5.41) is 3.40. The SMILES string of the molecule is CCC(C)CNc1cc(Br)ccc1OC. The highest BCUT2D eigenvalue weighted by Gasteiger charge is 2.04. The van der Waals surface area contributed by atoms with Gasteiger partial charge in [-0.15, -0.1) is 0 Å². The third-order valence-corrected chi connectivity index (χ3v) is 2.99. The predicted molar refractivity (Wildman–Crippen MR) is 68.6 cm³/mol. The first-order valence-corrected chi connectivity index (χ1v) is 6.04. The number of anilines is 1. The molecule has 0 amide bonds. The molecule has 84 valence electrons. The van der Waals surface area contributed by atoms with E-state index in [4.69, 9.17) is 4.74 Å². The zero-order valence-electron chi connectivity index (χ0n) is 9.51. The highest BCUT2D eigenvalue weighted by Crippen LogP contribution is 2.28. The van der Waals surface area contributed by atoms with Crippen molar-refractivity contribution in [3.05, 3.63) is 22.7 Å². The van der Waals surface area contributed by atoms with E-state index in [-0.39, 0.29) is 0 Å². The Hall–Kier alpha value is -0.700. The van der Waals surface area contributed by atoms with E-state index >= 15 is 0 Å². The maximum atomic E-state index is 5.28. The van der Waals surface area contributed by atoms with Gasteiger partial charge in [-0.25, -0.2) is 0 Å². The largest absolute Gasteiger partial charge is 0.495 e. The van der Waals surface area contributed by atoms with Crippen LogP contribution in [0.5, 0.6) is 5.75 Å². The van der Waals surface area contributed by atoms with Crippen molar-refractivity contribution in [2.75, 3.05) is 19.0 Å². The molecule has 1 atom stereocenters. The molecular weight excluding hydrogens is 254 g/mol. The van der Waals surface area contributed by atoms with E-state index in [1.165, 1.54) is 6.42 Å². The molecule has 0 fully saturated rings. The molecule has 0 aromatic heterocycles. The average molecular weight is 272 g/mol. The standard InChI is InChI=1S/C12H18BrNO/c1-4-9(2)8-14-11-7-10(13)5-6-12(11)15-3/h5-7,9,14H,4,8H2,1-3H3. The van der Waals surface area contributed by atoms with Gasteiger partial charge in [0, 0.05) is 11.0 Å². The molecule has 0 aliphatic rings. The second-order valence-corrected chi connectivity index (χ2v) is 4.65. The van der Waals surface area contributed by atoms with E-state index in [1.54, 1.807) is 7.11 Å². The number of hydrogen-bond donors (Lipinski definition) is 1. The van der Waals surface area contributed by atoms with Crippen LogP contribution < -0.4 is 10.1 Å². The predicted octanol–water partition coefficient (Wildman–Crippen LogP) is 3.92. The summed E-state index contributed by atoms with van der Waals surface area (Å²) < 4.78 is 6.35. The summed E-state index contributed by atoms with van der Waals surface area (Å²) in [5.41, 5.74) is 1.05. The molecule has 15 heavy (non-hydrogen) atoms. The monoisotopic (exact) mass is 271 g/mol. The topological polar surface area (TPSA) is 21.3 Å². The third-order valence-electron chi connectivity index (χ3n) is 2.50. The zero-order chi connectivity index (χ0) is 11.3. The fourth-order valence-electron chi connectivity index (χ4n) is 1.25. The first kappa shape index (κ1) is 12.4. The molecule has 0 saturated carbocycles. The molecule has 0 spiro atoms. The zero-order valence-corrected chi connectivity index (χ0v) is 11.1. The molecule has 1 aromatic carbocycles. The molecule has 0 radical (unpaired) electrons. The van der Waals surface area contributed by atoms with Crippen LogP contribution in [0.4, 0.5) is 5.69 Å². The first-order chi connectivity index (χ1) is 7.17. The van der Waals surface area contributed by atoms with Crippen LogP contribution >= 0.6 is 15.9 Å². The molecule has 0 aliphatic carbocycles. The Labute approximate surface area is 100 Å². The normalized spacial score (nSPS) is 12.3. The number of halogens is 1. The van der Waals surface area contributed by atoms with Gasteiger partial charge in [-0.2, -0.15) is 0 Å². The van der Waals surface area contributed by atoms with Gasteiger partial charge in [0.2, 0.25) is 0 Å². The summed E-state index contributed by atoms with van der Waals surface area (Å²) in [7, 11) is 1.69. The number of rotatable bonds is 5. The van der Waals surface area contributed by atoms with Crippen molar-refractivity contribution >= 4 is 21.6 Å². The molecule has 0 saturated heterocycles. The van der Waals surface area contributed by atoms with Crippen molar-refractivity contribution in [2.24, 2.45) is 5.92 Å². The van der Waals surface area contributed by atoms with Crippen LogP contribution in [-0.4, -0.2) is 13.7 Å². The number of ether oxygens (including phenoxy) is 1. The van der Waals surface area contributed by atoms with Gasteiger partial charge in [0.25, 0.3) is 0 Å². The van der Waals surface area contributed by atoms with E-state index in [1.807, 2.05) is 18.2 Å². The highest BCUT2D eigenvalue weighted by molar-refractivity contribution is 9.10. The summed E-state index contributed by atoms with van der Waals surface area (Å²) in [6.07, 6.45) is 1.18. The lowest BCUT2D eigenvalue weighted by Crippen LogP contribution is -2.10. The van der Waals surface area contributed by atoms with E-state index in [9.17, 15) is 0 Å². The molecule has 2 nitrogen and oxygen atoms in total. The number of benzene rings is 1. The number of methoxy groups -OCH3 is 1. The lowest BCUT2D eigenvalue weighted by molar-refractivity contribution is 0.416. The highest BCUT2D eigenvalue weighted by atomic mass is 79.9. The first-order valence-electron chi connectivity index (χ1n) is 5.24. The second kappa shape index (κ2) is 6.01. The molecule has 0 aliphatic heterocycles. The Balaban J connectivity index is 2.69. The Bertz CT molecular complexity index is 314. The van der Waals surface area contributed by atoms with Crippen molar-refractivity contribution < 1.29 is 4.74 Å². The van der Waals surface area contributed by atoms with Crippen LogP contribution in [0.1, 0.15) is 20.3 Å². The molecule has 1 unspecified atom stereocenters. The Kier molecular flexibility index (Phi) is 4.95. The molecule has 0 bridgehead atoms. The summed E-state index contributed by atoms with van der Waals surface area (Å²) in [6.45, 7) is 5.41. The van der Waals surface area contributed by atoms with Crippen LogP contribution in [0.2, 0.25) is 0 Å². The van der Waals surface area contributed by atoms with Gasteiger partial charge >= 0.3 is 0 Å². The van der Waals surface area contributed by atoms with Gasteiger partial charge in [-0.05, 0) is 24.1 Å². The van der Waals surface area contributed by atoms with Crippen molar-refractivity contribution in [2.45, 2.75) is 20.3 Å². The second-order valence-electron chi connectivity index (χ2n) is 3.74. The van der Waals surface area contributed by atoms with Crippen molar-refractivity contribution in [1.82, 2.24) is 0 Å². The van der Waals surface area contributed by atoms with E-state index in [0.29, 0.717) is 5.92 Å². The quantitative estimate of drug-likeness (QED) is 0.877. The summed E-state index contributed by atoms with van der Waals surface area (Å²) >= 11 is 3.45. The lowest BCUT2D eigenvalue weighted by atomic mass is 10.1. The van der Waals surface area contributed by atoms with Crippen LogP contribution in [0.25, 0.3) is 0 Å². The van der Waals surface area contributed by atoms with Crippen LogP contribution in [0.15, 0.2) is 22.7 Å². The van der Waals surface area contributed by atoms with Crippen LogP contribution in [-0.2, 0) is 0 Å². The maximum absolute atomic E-state index is 5.28. The van der Waals surface area contributed by atoms with Crippen molar-refractivity contribution in [3.8, 4) is 5.75 Å². The van der Waals surface area contributed by atoms with Gasteiger partial charge in [-0.1, -0.05) is 36.2 Å². The van der Waals surface area contributed by atoms with Crippen molar-refractivity contribution in [3.63, 3.8) is 0 Å². The smallest absolute Gasteiger partial charge is 0.142 e. The van der Waals surface area contributed by atoms with Crippen molar-refractivity contribution in [1.29, 1.82) is 0 Å². The Morgan fingerprint density at radius 3 is 2.80 bits per heavy atom. The van der Waals surface area contributed by atoms with E-state index < -0.39 is 0 Å². The van der Waals surface area contributed by atoms with Gasteiger partial charge in [-0.3, -0.25) is 0 Å². The molecule has 0 heterocycles. The summed E-state index contributed by atoms with van der Waals surface area (Å²) in [5.74, 6) is 1.56. The molecular formula is C12H18BrNO. The Morgan fingerprint density at radius 2 is 2.20 bits per heavy atom. The summed E-state index contributed by atoms with van der Waals surface area (Å²) in [4.78, 5) is 0. The van der Waals surface area contributed by atoms with E-state index in [2.05, 4.69) is 35.1 Å². The molecule has 3 heteroatoms. The van der Waals surface area contributed by atoms with Gasteiger partial charge in [0.15, 0.2) is 0 Å². The van der Waals surface area contributed by atoms with Crippen LogP contribution in [0, 0.1) is 5.92 Å². The van der Waals surface area contributed by atoms with E-state index in [0.717, 1.165) is 22.5 Å². The third kappa shape index (κ3) is 3.74. The van der Waals surface area contributed by atoms with Gasteiger partial charge in [0.05, 0.1) is 12.8 Å². The molecule has 1 aromatic rings. The summed E-state index contributed by atoms with van der Waals surface area (Å²) in [6, 6.07) is 5.98. The average Bonchev–Trinajstić information content (AvgIpc) is 2.26. The number of nitrogens with one attached hydrogen (secondary N) is 1. The molecule has 1 N–H and O–H groups in total. The Morgan fingerprint density at radius 1 is 1.47 bits per heavy atom. The fourth-order valence-corrected chi connectivity index (χ4v) is 1.61. The minimum atomic E-state index is 0.675. The lowest BCUT2D eigenvalue weighted by Gasteiger charge is -2.14. The number of hydrogen-bond acceptors (Lipinski definition) is 2.